The fourth-order valence-corrected chi connectivity index (χ4v) is 2.42. The van der Waals surface area contributed by atoms with Crippen LogP contribution >= 0.6 is 11.6 Å². The summed E-state index contributed by atoms with van der Waals surface area (Å²) in [5.41, 5.74) is 1.24. The van der Waals surface area contributed by atoms with E-state index in [2.05, 4.69) is 0 Å². The Bertz CT molecular complexity index is 700. The van der Waals surface area contributed by atoms with Gasteiger partial charge in [0.25, 0.3) is 0 Å². The molecule has 0 amide bonds. The second kappa shape index (κ2) is 7.45. The van der Waals surface area contributed by atoms with Crippen LogP contribution in [0.5, 0.6) is 5.75 Å². The van der Waals surface area contributed by atoms with Gasteiger partial charge in [-0.05, 0) is 18.7 Å². The van der Waals surface area contributed by atoms with Gasteiger partial charge in [-0.25, -0.2) is 0 Å². The molecule has 0 aliphatic carbocycles. The van der Waals surface area contributed by atoms with E-state index in [9.17, 15) is 9.90 Å². The van der Waals surface area contributed by atoms with Crippen molar-refractivity contribution in [2.45, 2.75) is 13.1 Å². The van der Waals surface area contributed by atoms with Gasteiger partial charge in [0.1, 0.15) is 0 Å². The van der Waals surface area contributed by atoms with E-state index in [1.165, 1.54) is 12.3 Å². The summed E-state index contributed by atoms with van der Waals surface area (Å²) in [5.74, 6) is -0.291. The predicted octanol–water partition coefficient (Wildman–Crippen LogP) is 1.68. The molecule has 0 spiro atoms. The molecule has 5 nitrogen and oxygen atoms in total. The average Bonchev–Trinajstić information content (AvgIpc) is 2.47. The number of aliphatic hydroxyl groups is 1. The molecule has 2 rings (SSSR count). The maximum Gasteiger partial charge on any atom is 0.223 e. The highest BCUT2D eigenvalue weighted by atomic mass is 35.5. The minimum absolute atomic E-state index is 0.0450. The number of aromatic hydroxyl groups is 1. The van der Waals surface area contributed by atoms with Crippen LogP contribution in [0.15, 0.2) is 41.3 Å². The van der Waals surface area contributed by atoms with E-state index in [0.29, 0.717) is 24.7 Å². The van der Waals surface area contributed by atoms with Gasteiger partial charge in [-0.15, -0.1) is 0 Å². The Morgan fingerprint density at radius 2 is 2.05 bits per heavy atom. The van der Waals surface area contributed by atoms with Gasteiger partial charge in [0, 0.05) is 36.4 Å². The lowest BCUT2D eigenvalue weighted by molar-refractivity contribution is 0.214. The first kappa shape index (κ1) is 16.5. The average molecular weight is 323 g/mol. The van der Waals surface area contributed by atoms with Crippen LogP contribution in [-0.2, 0) is 13.1 Å². The van der Waals surface area contributed by atoms with Crippen LogP contribution in [0.4, 0.5) is 0 Å². The van der Waals surface area contributed by atoms with Gasteiger partial charge in [0.05, 0.1) is 12.8 Å². The third-order valence-corrected chi connectivity index (χ3v) is 3.78. The van der Waals surface area contributed by atoms with Crippen LogP contribution in [0, 0.1) is 0 Å². The lowest BCUT2D eigenvalue weighted by atomic mass is 10.2. The number of hydrogen-bond acceptors (Lipinski definition) is 4. The molecule has 1 aromatic heterocycles. The first-order chi connectivity index (χ1) is 10.5. The first-order valence-electron chi connectivity index (χ1n) is 6.96. The number of hydrogen-bond donors (Lipinski definition) is 2. The quantitative estimate of drug-likeness (QED) is 0.849. The van der Waals surface area contributed by atoms with Crippen molar-refractivity contribution in [1.29, 1.82) is 0 Å². The summed E-state index contributed by atoms with van der Waals surface area (Å²) in [6, 6.07) is 8.86. The SMILES string of the molecule is CN(CCO)Cc1cc(=O)c(O)cn1Cc1ccccc1Cl. The summed E-state index contributed by atoms with van der Waals surface area (Å²) in [6.45, 7) is 1.49. The third-order valence-electron chi connectivity index (χ3n) is 3.41. The lowest BCUT2D eigenvalue weighted by Gasteiger charge is -2.20. The minimum atomic E-state index is -0.414. The van der Waals surface area contributed by atoms with Crippen LogP contribution in [0.25, 0.3) is 0 Å². The second-order valence-electron chi connectivity index (χ2n) is 5.19. The zero-order valence-electron chi connectivity index (χ0n) is 12.4. The van der Waals surface area contributed by atoms with Crippen molar-refractivity contribution in [3.8, 4) is 5.75 Å². The number of likely N-dealkylation sites (N-methyl/N-ethyl adjacent to an activating group) is 1. The van der Waals surface area contributed by atoms with Crippen molar-refractivity contribution in [3.63, 3.8) is 0 Å². The van der Waals surface area contributed by atoms with Crippen molar-refractivity contribution >= 4 is 11.6 Å². The van der Waals surface area contributed by atoms with Crippen LogP contribution in [-0.4, -0.2) is 39.9 Å². The molecule has 6 heteroatoms. The van der Waals surface area contributed by atoms with Gasteiger partial charge in [-0.2, -0.15) is 0 Å². The number of pyridine rings is 1. The van der Waals surface area contributed by atoms with Crippen LogP contribution in [0.1, 0.15) is 11.3 Å². The van der Waals surface area contributed by atoms with E-state index in [0.717, 1.165) is 11.3 Å². The number of rotatable bonds is 6. The van der Waals surface area contributed by atoms with Crippen molar-refractivity contribution in [2.24, 2.45) is 0 Å². The van der Waals surface area contributed by atoms with Gasteiger partial charge in [-0.1, -0.05) is 29.8 Å². The van der Waals surface area contributed by atoms with Crippen LogP contribution in [0.2, 0.25) is 5.02 Å². The summed E-state index contributed by atoms with van der Waals surface area (Å²) >= 11 is 6.17. The first-order valence-corrected chi connectivity index (χ1v) is 7.34. The highest BCUT2D eigenvalue weighted by Crippen LogP contribution is 2.18. The van der Waals surface area contributed by atoms with Crippen molar-refractivity contribution in [1.82, 2.24) is 9.47 Å². The molecule has 1 heterocycles. The van der Waals surface area contributed by atoms with Crippen molar-refractivity contribution in [2.75, 3.05) is 20.2 Å². The number of aromatic nitrogens is 1. The van der Waals surface area contributed by atoms with Gasteiger partial charge >= 0.3 is 0 Å². The maximum absolute atomic E-state index is 11.7. The monoisotopic (exact) mass is 322 g/mol. The zero-order chi connectivity index (χ0) is 16.1. The molecule has 0 radical (unpaired) electrons. The highest BCUT2D eigenvalue weighted by Gasteiger charge is 2.10. The molecule has 0 fully saturated rings. The lowest BCUT2D eigenvalue weighted by Crippen LogP contribution is -2.25. The Morgan fingerprint density at radius 3 is 2.73 bits per heavy atom. The molecule has 2 aromatic rings. The molecule has 0 saturated carbocycles. The number of aliphatic hydroxyl groups excluding tert-OH is 1. The Morgan fingerprint density at radius 1 is 1.32 bits per heavy atom. The molecule has 0 atom stereocenters. The van der Waals surface area contributed by atoms with E-state index in [1.54, 1.807) is 10.6 Å². The molecule has 118 valence electrons. The molecular formula is C16H19ClN2O3. The van der Waals surface area contributed by atoms with Crippen molar-refractivity contribution < 1.29 is 10.2 Å². The Labute approximate surface area is 134 Å². The summed E-state index contributed by atoms with van der Waals surface area (Å²) < 4.78 is 1.80. The van der Waals surface area contributed by atoms with Crippen LogP contribution in [0.3, 0.4) is 0 Å². The molecule has 2 N–H and O–H groups in total. The van der Waals surface area contributed by atoms with Gasteiger partial charge in [-0.3, -0.25) is 9.69 Å². The zero-order valence-corrected chi connectivity index (χ0v) is 13.1. The van der Waals surface area contributed by atoms with E-state index in [4.69, 9.17) is 16.7 Å². The third kappa shape index (κ3) is 4.10. The number of halogens is 1. The van der Waals surface area contributed by atoms with E-state index in [-0.39, 0.29) is 12.4 Å². The predicted molar refractivity (Wildman–Crippen MR) is 86.3 cm³/mol. The Balaban J connectivity index is 2.34. The summed E-state index contributed by atoms with van der Waals surface area (Å²) in [5, 5.41) is 19.3. The molecule has 0 bridgehead atoms. The fraction of sp³-hybridized carbons (Fsp3) is 0.312. The summed E-state index contributed by atoms with van der Waals surface area (Å²) in [6.07, 6.45) is 1.42. The minimum Gasteiger partial charge on any atom is -0.503 e. The second-order valence-corrected chi connectivity index (χ2v) is 5.60. The van der Waals surface area contributed by atoms with Gasteiger partial charge in [0.15, 0.2) is 5.75 Å². The molecule has 0 aliphatic heterocycles. The van der Waals surface area contributed by atoms with Gasteiger partial charge < -0.3 is 14.8 Å². The normalized spacial score (nSPS) is 11.1. The largest absolute Gasteiger partial charge is 0.503 e. The molecule has 0 unspecified atom stereocenters. The standard InChI is InChI=1S/C16H19ClN2O3/c1-18(6-7-20)10-13-8-15(21)16(22)11-19(13)9-12-4-2-3-5-14(12)17/h2-5,8,11,20,22H,6-7,9-10H2,1H3. The fourth-order valence-electron chi connectivity index (χ4n) is 2.22. The molecule has 0 saturated heterocycles. The number of benzene rings is 1. The summed E-state index contributed by atoms with van der Waals surface area (Å²) in [4.78, 5) is 13.6. The molecule has 1 aromatic carbocycles. The van der Waals surface area contributed by atoms with Crippen LogP contribution < -0.4 is 5.43 Å². The smallest absolute Gasteiger partial charge is 0.223 e. The topological polar surface area (TPSA) is 65.7 Å². The van der Waals surface area contributed by atoms with Crippen molar-refractivity contribution in [3.05, 3.63) is 63.0 Å². The Kier molecular flexibility index (Phi) is 5.60. The summed E-state index contributed by atoms with van der Waals surface area (Å²) in [7, 11) is 1.85. The van der Waals surface area contributed by atoms with E-state index in [1.807, 2.05) is 30.1 Å². The van der Waals surface area contributed by atoms with E-state index >= 15 is 0 Å². The van der Waals surface area contributed by atoms with E-state index < -0.39 is 5.43 Å². The molecule has 22 heavy (non-hydrogen) atoms. The highest BCUT2D eigenvalue weighted by molar-refractivity contribution is 6.31. The molecule has 0 aliphatic rings. The molecular weight excluding hydrogens is 304 g/mol. The van der Waals surface area contributed by atoms with Gasteiger partial charge in [0.2, 0.25) is 5.43 Å². The number of nitrogens with zero attached hydrogens (tertiary/aromatic N) is 2. The maximum atomic E-state index is 11.7. The Hall–Kier alpha value is -1.82.